The van der Waals surface area contributed by atoms with Gasteiger partial charge < -0.3 is 0 Å². The van der Waals surface area contributed by atoms with Gasteiger partial charge in [-0.15, -0.1) is 12.4 Å². The number of hydrogen-bond acceptors (Lipinski definition) is 3. The highest BCUT2D eigenvalue weighted by molar-refractivity contribution is 7.98. The molecule has 0 fully saturated rings. The summed E-state index contributed by atoms with van der Waals surface area (Å²) >= 11 is 5.89. The molecule has 0 heterocycles. The first kappa shape index (κ1) is 14.7. The Morgan fingerprint density at radius 2 is 1.82 bits per heavy atom. The second-order valence-electron chi connectivity index (χ2n) is 3.64. The van der Waals surface area contributed by atoms with E-state index in [1.165, 1.54) is 16.3 Å². The minimum Gasteiger partial charge on any atom is -0.266 e. The van der Waals surface area contributed by atoms with Crippen molar-refractivity contribution in [3.8, 4) is 0 Å². The molecule has 17 heavy (non-hydrogen) atoms. The van der Waals surface area contributed by atoms with E-state index in [1.54, 1.807) is 0 Å². The molecule has 0 aliphatic rings. The lowest BCUT2D eigenvalue weighted by molar-refractivity contribution is 1.06. The van der Waals surface area contributed by atoms with Gasteiger partial charge in [-0.05, 0) is 16.3 Å². The van der Waals surface area contributed by atoms with Gasteiger partial charge in [-0.1, -0.05) is 55.3 Å². The third-order valence-corrected chi connectivity index (χ3v) is 3.69. The Bertz CT molecular complexity index is 462. The molecule has 2 aromatic rings. The van der Waals surface area contributed by atoms with E-state index >= 15 is 0 Å². The van der Waals surface area contributed by atoms with Gasteiger partial charge in [0.1, 0.15) is 0 Å². The summed E-state index contributed by atoms with van der Waals surface area (Å²) in [6.07, 6.45) is 0. The van der Waals surface area contributed by atoms with E-state index in [0.717, 1.165) is 18.1 Å². The normalized spacial score (nSPS) is 10.2. The number of halogens is 1. The van der Waals surface area contributed by atoms with Gasteiger partial charge in [0.25, 0.3) is 0 Å². The van der Waals surface area contributed by atoms with E-state index in [2.05, 4.69) is 60.0 Å². The number of rotatable bonds is 5. The van der Waals surface area contributed by atoms with Crippen molar-refractivity contribution < 1.29 is 0 Å². The van der Waals surface area contributed by atoms with E-state index in [-0.39, 0.29) is 12.4 Å². The molecule has 4 heteroatoms. The molecule has 0 aliphatic heterocycles. The van der Waals surface area contributed by atoms with Crippen LogP contribution >= 0.6 is 37.0 Å². The van der Waals surface area contributed by atoms with Gasteiger partial charge in [-0.2, -0.15) is 11.8 Å². The Morgan fingerprint density at radius 1 is 1.06 bits per heavy atom. The quantitative estimate of drug-likeness (QED) is 0.638. The van der Waals surface area contributed by atoms with Crippen LogP contribution < -0.4 is 4.72 Å². The predicted octanol–water partition coefficient (Wildman–Crippen LogP) is 3.93. The zero-order valence-corrected chi connectivity index (χ0v) is 12.0. The average molecular weight is 286 g/mol. The number of fused-ring (bicyclic) bond motifs is 1. The summed E-state index contributed by atoms with van der Waals surface area (Å²) < 4.78 is 2.86. The molecule has 0 atom stereocenters. The lowest BCUT2D eigenvalue weighted by Gasteiger charge is -2.03. The van der Waals surface area contributed by atoms with Crippen LogP contribution in [-0.4, -0.2) is 12.3 Å². The summed E-state index contributed by atoms with van der Waals surface area (Å²) in [6, 6.07) is 15.2. The van der Waals surface area contributed by atoms with Gasteiger partial charge >= 0.3 is 0 Å². The monoisotopic (exact) mass is 285 g/mol. The predicted molar refractivity (Wildman–Crippen MR) is 84.3 cm³/mol. The molecule has 0 aliphatic carbocycles. The van der Waals surface area contributed by atoms with Gasteiger partial charge in [0.05, 0.1) is 0 Å². The molecule has 0 spiro atoms. The fraction of sp³-hybridized carbons (Fsp3) is 0.231. The van der Waals surface area contributed by atoms with Crippen molar-refractivity contribution in [3.63, 3.8) is 0 Å². The maximum atomic E-state index is 3.97. The lowest BCUT2D eigenvalue weighted by atomic mass is 10.1. The van der Waals surface area contributed by atoms with Crippen LogP contribution in [0.2, 0.25) is 0 Å². The standard InChI is InChI=1S/C13H15NS2.ClH/c15-14-7-8-16-10-11-5-6-12-3-1-2-4-13(12)9-11;/h1-6,9,14-15H,7-8,10H2;1H. The maximum absolute atomic E-state index is 3.97. The number of hydrogen-bond donors (Lipinski definition) is 2. The fourth-order valence-corrected chi connectivity index (χ4v) is 2.71. The summed E-state index contributed by atoms with van der Waals surface area (Å²) in [5.74, 6) is 2.16. The van der Waals surface area contributed by atoms with Gasteiger partial charge in [-0.3, -0.25) is 4.72 Å². The van der Waals surface area contributed by atoms with Crippen LogP contribution in [0.1, 0.15) is 5.56 Å². The van der Waals surface area contributed by atoms with Crippen molar-refractivity contribution in [2.75, 3.05) is 12.3 Å². The average Bonchev–Trinajstić information content (AvgIpc) is 2.34. The molecule has 0 radical (unpaired) electrons. The van der Waals surface area contributed by atoms with Crippen LogP contribution in [0.25, 0.3) is 10.8 Å². The summed E-state index contributed by atoms with van der Waals surface area (Å²) in [5, 5.41) is 2.64. The minimum atomic E-state index is 0. The van der Waals surface area contributed by atoms with Gasteiger partial charge in [0.15, 0.2) is 0 Å². The number of benzene rings is 2. The van der Waals surface area contributed by atoms with Crippen molar-refractivity contribution in [1.29, 1.82) is 0 Å². The first-order valence-corrected chi connectivity index (χ1v) is 6.93. The second-order valence-corrected chi connectivity index (χ2v) is 5.06. The molecule has 0 unspecified atom stereocenters. The fourth-order valence-electron chi connectivity index (χ4n) is 1.64. The first-order valence-electron chi connectivity index (χ1n) is 5.32. The van der Waals surface area contributed by atoms with Crippen molar-refractivity contribution >= 4 is 47.8 Å². The van der Waals surface area contributed by atoms with Gasteiger partial charge in [0.2, 0.25) is 0 Å². The molecule has 2 rings (SSSR count). The van der Waals surface area contributed by atoms with Crippen molar-refractivity contribution in [3.05, 3.63) is 48.0 Å². The zero-order valence-electron chi connectivity index (χ0n) is 9.43. The van der Waals surface area contributed by atoms with E-state index in [4.69, 9.17) is 0 Å². The van der Waals surface area contributed by atoms with Gasteiger partial charge in [-0.25, -0.2) is 0 Å². The molecule has 0 saturated carbocycles. The molecular formula is C13H16ClNS2. The number of thioether (sulfide) groups is 1. The van der Waals surface area contributed by atoms with Crippen molar-refractivity contribution in [2.45, 2.75) is 5.75 Å². The Morgan fingerprint density at radius 3 is 2.59 bits per heavy atom. The molecule has 0 saturated heterocycles. The molecule has 2 aromatic carbocycles. The van der Waals surface area contributed by atoms with Crippen LogP contribution in [-0.2, 0) is 5.75 Å². The van der Waals surface area contributed by atoms with E-state index in [0.29, 0.717) is 0 Å². The SMILES string of the molecule is Cl.SNCCSCc1ccc2ccccc2c1. The summed E-state index contributed by atoms with van der Waals surface area (Å²) in [7, 11) is 0. The van der Waals surface area contributed by atoms with E-state index in [9.17, 15) is 0 Å². The smallest absolute Gasteiger partial charge is 0.0185 e. The lowest BCUT2D eigenvalue weighted by Crippen LogP contribution is -2.03. The van der Waals surface area contributed by atoms with Crippen LogP contribution in [0.5, 0.6) is 0 Å². The topological polar surface area (TPSA) is 12.0 Å². The third-order valence-electron chi connectivity index (χ3n) is 2.44. The maximum Gasteiger partial charge on any atom is 0.0185 e. The summed E-state index contributed by atoms with van der Waals surface area (Å²) in [4.78, 5) is 0. The number of nitrogens with one attached hydrogen (secondary N) is 1. The minimum absolute atomic E-state index is 0. The Hall–Kier alpha value is -0.350. The molecule has 1 nitrogen and oxygen atoms in total. The molecule has 0 amide bonds. The van der Waals surface area contributed by atoms with Crippen molar-refractivity contribution in [1.82, 2.24) is 4.72 Å². The highest BCUT2D eigenvalue weighted by Crippen LogP contribution is 2.19. The molecule has 92 valence electrons. The van der Waals surface area contributed by atoms with Crippen LogP contribution in [0, 0.1) is 0 Å². The Labute approximate surface area is 118 Å². The van der Waals surface area contributed by atoms with E-state index in [1.807, 2.05) is 11.8 Å². The molecular weight excluding hydrogens is 270 g/mol. The van der Waals surface area contributed by atoms with Crippen LogP contribution in [0.3, 0.4) is 0 Å². The molecule has 0 bridgehead atoms. The van der Waals surface area contributed by atoms with E-state index < -0.39 is 0 Å². The Balaban J connectivity index is 0.00000144. The van der Waals surface area contributed by atoms with Crippen molar-refractivity contribution in [2.24, 2.45) is 0 Å². The van der Waals surface area contributed by atoms with Crippen LogP contribution in [0.15, 0.2) is 42.5 Å². The Kier molecular flexibility index (Phi) is 6.82. The largest absolute Gasteiger partial charge is 0.266 e. The molecule has 0 aromatic heterocycles. The second kappa shape index (κ2) is 7.88. The number of thiol groups is 1. The van der Waals surface area contributed by atoms with Gasteiger partial charge in [0, 0.05) is 18.1 Å². The van der Waals surface area contributed by atoms with Crippen LogP contribution in [0.4, 0.5) is 0 Å². The zero-order chi connectivity index (χ0) is 11.2. The molecule has 1 N–H and O–H groups in total. The third kappa shape index (κ3) is 4.43. The first-order chi connectivity index (χ1) is 7.90. The highest BCUT2D eigenvalue weighted by Gasteiger charge is 1.96. The summed E-state index contributed by atoms with van der Waals surface area (Å²) in [6.45, 7) is 0.946. The highest BCUT2D eigenvalue weighted by atomic mass is 35.5. The summed E-state index contributed by atoms with van der Waals surface area (Å²) in [5.41, 5.74) is 1.39.